The summed E-state index contributed by atoms with van der Waals surface area (Å²) in [4.78, 5) is 28.1. The number of benzene rings is 2. The summed E-state index contributed by atoms with van der Waals surface area (Å²) < 4.78 is 10.4. The zero-order chi connectivity index (χ0) is 24.9. The molecule has 182 valence electrons. The van der Waals surface area contributed by atoms with E-state index in [9.17, 15) is 14.7 Å². The molecule has 4 rings (SSSR count). The van der Waals surface area contributed by atoms with Crippen molar-refractivity contribution in [2.45, 2.75) is 38.1 Å². The van der Waals surface area contributed by atoms with Gasteiger partial charge in [-0.1, -0.05) is 25.8 Å². The number of nitrogens with two attached hydrogens (primary N) is 1. The molecule has 1 aliphatic carbocycles. The Morgan fingerprint density at radius 2 is 1.69 bits per heavy atom. The van der Waals surface area contributed by atoms with Crippen molar-refractivity contribution in [3.8, 4) is 5.75 Å². The van der Waals surface area contributed by atoms with Crippen molar-refractivity contribution in [2.75, 3.05) is 12.0 Å². The molecule has 1 saturated carbocycles. The van der Waals surface area contributed by atoms with Crippen LogP contribution in [0.15, 0.2) is 72.0 Å². The van der Waals surface area contributed by atoms with Crippen LogP contribution in [0.5, 0.6) is 5.75 Å². The van der Waals surface area contributed by atoms with Crippen molar-refractivity contribution in [1.82, 2.24) is 0 Å². The van der Waals surface area contributed by atoms with E-state index in [4.69, 9.17) is 15.3 Å². The molecule has 8 nitrogen and oxygen atoms in total. The molecule has 8 heteroatoms. The maximum Gasteiger partial charge on any atom is 0.299 e. The van der Waals surface area contributed by atoms with Crippen LogP contribution in [0.4, 0.5) is 5.69 Å². The van der Waals surface area contributed by atoms with Gasteiger partial charge in [-0.3, -0.25) is 14.5 Å². The van der Waals surface area contributed by atoms with E-state index >= 15 is 0 Å². The molecule has 2 fully saturated rings. The highest BCUT2D eigenvalue weighted by atomic mass is 16.5. The number of amides is 1. The van der Waals surface area contributed by atoms with Crippen LogP contribution in [0.2, 0.25) is 0 Å². The lowest BCUT2D eigenvalue weighted by molar-refractivity contribution is -0.132. The molecule has 2 aromatic carbocycles. The Morgan fingerprint density at radius 1 is 1.06 bits per heavy atom. The number of hydrogen-bond donors (Lipinski definition) is 2. The Kier molecular flexibility index (Phi) is 7.19. The Balaban J connectivity index is 1.78. The molecule has 0 aromatic heterocycles. The normalized spacial score (nSPS) is 20.7. The molecule has 0 bridgehead atoms. The number of ketones is 1. The Bertz CT molecular complexity index is 1160. The van der Waals surface area contributed by atoms with Crippen molar-refractivity contribution in [3.63, 3.8) is 0 Å². The van der Waals surface area contributed by atoms with Crippen LogP contribution in [0.25, 0.3) is 5.76 Å². The van der Waals surface area contributed by atoms with Gasteiger partial charge in [-0.25, -0.2) is 0 Å². The van der Waals surface area contributed by atoms with Crippen LogP contribution < -0.4 is 15.5 Å². The topological polar surface area (TPSA) is 114 Å². The molecule has 1 heterocycles. The summed E-state index contributed by atoms with van der Waals surface area (Å²) in [5, 5.41) is 14.8. The third-order valence-corrected chi connectivity index (χ3v) is 6.65. The largest absolute Gasteiger partial charge is 0.507 e. The van der Waals surface area contributed by atoms with Gasteiger partial charge in [0.05, 0.1) is 25.0 Å². The first-order valence-electron chi connectivity index (χ1n) is 11.6. The van der Waals surface area contributed by atoms with Crippen LogP contribution in [0, 0.1) is 5.92 Å². The van der Waals surface area contributed by atoms with Gasteiger partial charge in [0.1, 0.15) is 11.5 Å². The summed E-state index contributed by atoms with van der Waals surface area (Å²) in [5.74, 6) is 4.76. The van der Waals surface area contributed by atoms with Gasteiger partial charge < -0.3 is 20.4 Å². The number of nitrogens with zero attached hydrogens (tertiary/aromatic N) is 2. The number of ether oxygens (including phenoxy) is 2. The molecule has 1 atom stereocenters. The predicted molar refractivity (Wildman–Crippen MR) is 134 cm³/mol. The standard InChI is InChI=1S/C27H29N3O5/c1-3-35-26(29-28)19-9-13-20(14-10-19)30-23(17-7-5-4-6-8-17)22(25(32)27(30)33)24(31)18-11-15-21(34-2)16-12-18/h3,9-17,23,31H,1,4-8,28H2,2H3/b24-22?,29-26-. The first-order valence-corrected chi connectivity index (χ1v) is 11.6. The lowest BCUT2D eigenvalue weighted by atomic mass is 9.80. The number of hydrazone groups is 1. The van der Waals surface area contributed by atoms with Gasteiger partial charge in [0.25, 0.3) is 11.7 Å². The van der Waals surface area contributed by atoms with Gasteiger partial charge in [-0.2, -0.15) is 0 Å². The van der Waals surface area contributed by atoms with E-state index < -0.39 is 17.7 Å². The number of aliphatic hydroxyl groups excluding tert-OH is 1. The lowest BCUT2D eigenvalue weighted by Gasteiger charge is -2.34. The number of anilines is 1. The maximum atomic E-state index is 13.3. The zero-order valence-corrected chi connectivity index (χ0v) is 19.6. The number of rotatable bonds is 6. The second kappa shape index (κ2) is 10.5. The van der Waals surface area contributed by atoms with Crippen LogP contribution in [0.3, 0.4) is 0 Å². The molecule has 0 radical (unpaired) electrons. The monoisotopic (exact) mass is 475 g/mol. The van der Waals surface area contributed by atoms with Crippen LogP contribution in [0.1, 0.15) is 43.2 Å². The Morgan fingerprint density at radius 3 is 2.26 bits per heavy atom. The zero-order valence-electron chi connectivity index (χ0n) is 19.6. The first-order chi connectivity index (χ1) is 17.0. The second-order valence-corrected chi connectivity index (χ2v) is 8.60. The van der Waals surface area contributed by atoms with Gasteiger partial charge >= 0.3 is 0 Å². The van der Waals surface area contributed by atoms with Gasteiger partial charge in [0.15, 0.2) is 0 Å². The number of carbonyl (C=O) groups is 2. The molecular formula is C27H29N3O5. The van der Waals surface area contributed by atoms with E-state index in [-0.39, 0.29) is 23.1 Å². The fourth-order valence-corrected chi connectivity index (χ4v) is 4.96. The molecule has 3 N–H and O–H groups in total. The van der Waals surface area contributed by atoms with Gasteiger partial charge in [-0.15, -0.1) is 5.10 Å². The second-order valence-electron chi connectivity index (χ2n) is 8.60. The predicted octanol–water partition coefficient (Wildman–Crippen LogP) is 4.31. The van der Waals surface area contributed by atoms with E-state index in [1.54, 1.807) is 55.6 Å². The molecule has 2 aromatic rings. The highest BCUT2D eigenvalue weighted by molar-refractivity contribution is 6.51. The number of Topliss-reactive ketones (excluding diaryl/α,β-unsaturated/α-hetero) is 1. The summed E-state index contributed by atoms with van der Waals surface area (Å²) in [6.07, 6.45) is 6.12. The van der Waals surface area contributed by atoms with Gasteiger partial charge in [-0.05, 0) is 67.3 Å². The van der Waals surface area contributed by atoms with E-state index in [0.717, 1.165) is 32.1 Å². The SMILES string of the molecule is C=CO/C(=N\N)c1ccc(N2C(=O)C(=O)C(=C(O)c3ccc(OC)cc3)C2C2CCCCC2)cc1. The summed E-state index contributed by atoms with van der Waals surface area (Å²) in [6, 6.07) is 13.1. The van der Waals surface area contributed by atoms with E-state index in [2.05, 4.69) is 11.7 Å². The average molecular weight is 476 g/mol. The molecule has 1 unspecified atom stereocenters. The molecule has 1 amide bonds. The first kappa shape index (κ1) is 24.1. The summed E-state index contributed by atoms with van der Waals surface area (Å²) in [5.41, 5.74) is 1.76. The van der Waals surface area contributed by atoms with E-state index in [0.29, 0.717) is 22.6 Å². The summed E-state index contributed by atoms with van der Waals surface area (Å²) >= 11 is 0. The maximum absolute atomic E-state index is 13.3. The molecule has 1 saturated heterocycles. The van der Waals surface area contributed by atoms with E-state index in [1.807, 2.05) is 0 Å². The van der Waals surface area contributed by atoms with Crippen molar-refractivity contribution < 1.29 is 24.2 Å². The highest BCUT2D eigenvalue weighted by Gasteiger charge is 2.49. The number of carbonyl (C=O) groups excluding carboxylic acids is 2. The van der Waals surface area contributed by atoms with E-state index in [1.165, 1.54) is 11.2 Å². The third-order valence-electron chi connectivity index (χ3n) is 6.65. The van der Waals surface area contributed by atoms with Crippen LogP contribution in [-0.2, 0) is 14.3 Å². The molecule has 1 aliphatic heterocycles. The highest BCUT2D eigenvalue weighted by Crippen LogP contribution is 2.41. The number of methoxy groups -OCH3 is 1. The summed E-state index contributed by atoms with van der Waals surface area (Å²) in [7, 11) is 1.56. The van der Waals surface area contributed by atoms with Crippen molar-refractivity contribution in [3.05, 3.63) is 78.1 Å². The fourth-order valence-electron chi connectivity index (χ4n) is 4.96. The molecule has 0 spiro atoms. The minimum atomic E-state index is -0.683. The summed E-state index contributed by atoms with van der Waals surface area (Å²) in [6.45, 7) is 3.51. The smallest absolute Gasteiger partial charge is 0.299 e. The minimum absolute atomic E-state index is 0.0551. The van der Waals surface area contributed by atoms with Crippen molar-refractivity contribution in [1.29, 1.82) is 0 Å². The third kappa shape index (κ3) is 4.64. The van der Waals surface area contributed by atoms with Crippen molar-refractivity contribution >= 4 is 29.0 Å². The number of hydrogen-bond acceptors (Lipinski definition) is 7. The fraction of sp³-hybridized carbons (Fsp3) is 0.296. The Labute approximate surface area is 204 Å². The lowest BCUT2D eigenvalue weighted by Crippen LogP contribution is -2.40. The molecular weight excluding hydrogens is 446 g/mol. The number of aliphatic hydroxyl groups is 1. The molecule has 2 aliphatic rings. The minimum Gasteiger partial charge on any atom is -0.507 e. The quantitative estimate of drug-likeness (QED) is 0.122. The van der Waals surface area contributed by atoms with Gasteiger partial charge in [0, 0.05) is 16.8 Å². The van der Waals surface area contributed by atoms with Crippen LogP contribution >= 0.6 is 0 Å². The molecule has 35 heavy (non-hydrogen) atoms. The average Bonchev–Trinajstić information content (AvgIpc) is 3.17. The van der Waals surface area contributed by atoms with Crippen LogP contribution in [-0.4, -0.2) is 35.8 Å². The van der Waals surface area contributed by atoms with Crippen molar-refractivity contribution in [2.24, 2.45) is 16.9 Å². The Hall–Kier alpha value is -4.07. The van der Waals surface area contributed by atoms with Gasteiger partial charge in [0.2, 0.25) is 5.90 Å².